The van der Waals surface area contributed by atoms with Crippen LogP contribution in [-0.4, -0.2) is 9.13 Å². The molecule has 0 saturated carbocycles. The Morgan fingerprint density at radius 1 is 0.417 bits per heavy atom. The third-order valence-electron chi connectivity index (χ3n) is 9.38. The fraction of sp³-hybridized carbons (Fsp3) is 0. The van der Waals surface area contributed by atoms with Gasteiger partial charge in [-0.25, -0.2) is 9.69 Å². The van der Waals surface area contributed by atoms with Crippen LogP contribution < -0.4 is 0 Å². The maximum atomic E-state index is 7.95. The molecule has 0 unspecified atom stereocenters. The number of hydrogen-bond acceptors (Lipinski definition) is 0. The largest absolute Gasteiger partial charge is 0.320 e. The van der Waals surface area contributed by atoms with Gasteiger partial charge in [0.05, 0.1) is 35.2 Å². The van der Waals surface area contributed by atoms with Crippen LogP contribution in [0.2, 0.25) is 0 Å². The maximum absolute atomic E-state index is 7.95. The molecule has 0 radical (unpaired) electrons. The first-order valence-electron chi connectivity index (χ1n) is 15.8. The van der Waals surface area contributed by atoms with E-state index in [4.69, 9.17) is 13.1 Å². The maximum Gasteiger partial charge on any atom is 0.211 e. The van der Waals surface area contributed by atoms with E-state index in [-0.39, 0.29) is 0 Å². The minimum absolute atomic E-state index is 0.555. The lowest BCUT2D eigenvalue weighted by molar-refractivity contribution is 1.18. The van der Waals surface area contributed by atoms with Gasteiger partial charge < -0.3 is 9.13 Å². The Morgan fingerprint density at radius 3 is 1.54 bits per heavy atom. The summed E-state index contributed by atoms with van der Waals surface area (Å²) in [4.78, 5) is 7.66. The second kappa shape index (κ2) is 10.9. The Bertz CT molecular complexity index is 2730. The molecular formula is C44H26N4. The van der Waals surface area contributed by atoms with Crippen molar-refractivity contribution in [3.8, 4) is 33.6 Å². The van der Waals surface area contributed by atoms with Crippen molar-refractivity contribution in [2.75, 3.05) is 0 Å². The first kappa shape index (κ1) is 27.4. The molecule has 9 aromatic rings. The van der Waals surface area contributed by atoms with E-state index in [0.29, 0.717) is 11.4 Å². The standard InChI is InChI=1S/C44H26N4/c1-45-32-24-27-34(43(28-32)48-42-17-8-5-12-37(42)38-13-9-14-39(46-2)44(38)48)31-20-18-29(19-21-31)30-22-25-33(26-23-30)47-40-15-6-3-10-35(40)36-11-4-7-16-41(36)47/h3-28H. The van der Waals surface area contributed by atoms with Gasteiger partial charge in [-0.3, -0.25) is 0 Å². The van der Waals surface area contributed by atoms with E-state index in [9.17, 15) is 0 Å². The number of rotatable bonds is 4. The van der Waals surface area contributed by atoms with E-state index < -0.39 is 0 Å². The zero-order valence-electron chi connectivity index (χ0n) is 25.8. The summed E-state index contributed by atoms with van der Waals surface area (Å²) >= 11 is 0. The van der Waals surface area contributed by atoms with Gasteiger partial charge in [0.1, 0.15) is 0 Å². The minimum Gasteiger partial charge on any atom is -0.320 e. The third kappa shape index (κ3) is 4.14. The molecular weight excluding hydrogens is 585 g/mol. The molecule has 0 N–H and O–H groups in total. The first-order valence-corrected chi connectivity index (χ1v) is 15.8. The molecule has 0 bridgehead atoms. The molecule has 0 amide bonds. The fourth-order valence-corrected chi connectivity index (χ4v) is 7.21. The summed E-state index contributed by atoms with van der Waals surface area (Å²) in [5.41, 5.74) is 11.7. The Balaban J connectivity index is 1.14. The number of nitrogens with zero attached hydrogens (tertiary/aromatic N) is 4. The van der Waals surface area contributed by atoms with Crippen LogP contribution in [0.3, 0.4) is 0 Å². The summed E-state index contributed by atoms with van der Waals surface area (Å²) in [6.45, 7) is 15.7. The molecule has 9 rings (SSSR count). The lowest BCUT2D eigenvalue weighted by Gasteiger charge is -2.16. The third-order valence-corrected chi connectivity index (χ3v) is 9.38. The van der Waals surface area contributed by atoms with Gasteiger partial charge in [-0.05, 0) is 58.5 Å². The second-order valence-corrected chi connectivity index (χ2v) is 11.9. The van der Waals surface area contributed by atoms with E-state index in [2.05, 4.69) is 134 Å². The van der Waals surface area contributed by atoms with Crippen molar-refractivity contribution >= 4 is 55.0 Å². The fourth-order valence-electron chi connectivity index (χ4n) is 7.21. The minimum atomic E-state index is 0.555. The molecule has 4 nitrogen and oxygen atoms in total. The quantitative estimate of drug-likeness (QED) is 0.177. The van der Waals surface area contributed by atoms with Crippen molar-refractivity contribution in [3.05, 3.63) is 181 Å². The molecule has 48 heavy (non-hydrogen) atoms. The molecule has 0 aliphatic carbocycles. The van der Waals surface area contributed by atoms with E-state index in [0.717, 1.165) is 55.4 Å². The first-order chi connectivity index (χ1) is 23.7. The molecule has 4 heteroatoms. The molecule has 222 valence electrons. The second-order valence-electron chi connectivity index (χ2n) is 11.9. The molecule has 0 atom stereocenters. The van der Waals surface area contributed by atoms with Crippen LogP contribution in [0.15, 0.2) is 158 Å². The van der Waals surface area contributed by atoms with Gasteiger partial charge in [-0.2, -0.15) is 0 Å². The highest BCUT2D eigenvalue weighted by atomic mass is 15.0. The van der Waals surface area contributed by atoms with Gasteiger partial charge >= 0.3 is 0 Å². The summed E-state index contributed by atoms with van der Waals surface area (Å²) in [5.74, 6) is 0. The molecule has 0 aliphatic heterocycles. The van der Waals surface area contributed by atoms with Gasteiger partial charge in [0, 0.05) is 33.1 Å². The van der Waals surface area contributed by atoms with Crippen molar-refractivity contribution in [1.82, 2.24) is 9.13 Å². The summed E-state index contributed by atoms with van der Waals surface area (Å²) < 4.78 is 4.49. The number of hydrogen-bond donors (Lipinski definition) is 0. The topological polar surface area (TPSA) is 18.6 Å². The molecule has 7 aromatic carbocycles. The Kier molecular flexibility index (Phi) is 6.22. The molecule has 0 aliphatic rings. The molecule has 2 heterocycles. The number of benzene rings is 7. The molecule has 0 saturated heterocycles. The van der Waals surface area contributed by atoms with Gasteiger partial charge in [-0.1, -0.05) is 121 Å². The van der Waals surface area contributed by atoms with Crippen LogP contribution in [-0.2, 0) is 0 Å². The lowest BCUT2D eigenvalue weighted by Crippen LogP contribution is -1.97. The van der Waals surface area contributed by atoms with E-state index in [1.54, 1.807) is 0 Å². The van der Waals surface area contributed by atoms with E-state index in [1.165, 1.54) is 21.8 Å². The van der Waals surface area contributed by atoms with E-state index in [1.807, 2.05) is 42.5 Å². The highest BCUT2D eigenvalue weighted by Crippen LogP contribution is 2.41. The van der Waals surface area contributed by atoms with Gasteiger partial charge in [0.25, 0.3) is 0 Å². The average molecular weight is 611 g/mol. The van der Waals surface area contributed by atoms with Crippen LogP contribution in [0, 0.1) is 13.1 Å². The summed E-state index contributed by atoms with van der Waals surface area (Å²) in [5, 5.41) is 4.61. The summed E-state index contributed by atoms with van der Waals surface area (Å²) in [7, 11) is 0. The van der Waals surface area contributed by atoms with Crippen molar-refractivity contribution in [2.24, 2.45) is 0 Å². The van der Waals surface area contributed by atoms with Gasteiger partial charge in [0.2, 0.25) is 5.69 Å². The van der Waals surface area contributed by atoms with Crippen LogP contribution in [0.25, 0.3) is 86.9 Å². The van der Waals surface area contributed by atoms with Gasteiger partial charge in [0.15, 0.2) is 5.69 Å². The Morgan fingerprint density at radius 2 is 0.938 bits per heavy atom. The van der Waals surface area contributed by atoms with Crippen molar-refractivity contribution in [1.29, 1.82) is 0 Å². The number of fused-ring (bicyclic) bond motifs is 6. The molecule has 0 fully saturated rings. The summed E-state index contributed by atoms with van der Waals surface area (Å²) in [6, 6.07) is 54.5. The lowest BCUT2D eigenvalue weighted by atomic mass is 9.98. The van der Waals surface area contributed by atoms with Crippen molar-refractivity contribution < 1.29 is 0 Å². The molecule has 0 spiro atoms. The van der Waals surface area contributed by atoms with Crippen LogP contribution in [0.1, 0.15) is 0 Å². The van der Waals surface area contributed by atoms with Gasteiger partial charge in [-0.15, -0.1) is 0 Å². The van der Waals surface area contributed by atoms with Crippen molar-refractivity contribution in [2.45, 2.75) is 0 Å². The molecule has 2 aromatic heterocycles. The van der Waals surface area contributed by atoms with Crippen LogP contribution >= 0.6 is 0 Å². The Hall–Kier alpha value is -6.88. The predicted molar refractivity (Wildman–Crippen MR) is 199 cm³/mol. The Labute approximate surface area is 277 Å². The zero-order valence-corrected chi connectivity index (χ0v) is 25.8. The highest BCUT2D eigenvalue weighted by molar-refractivity contribution is 6.14. The van der Waals surface area contributed by atoms with Crippen LogP contribution in [0.4, 0.5) is 11.4 Å². The zero-order chi connectivity index (χ0) is 32.2. The number of para-hydroxylation sites is 4. The smallest absolute Gasteiger partial charge is 0.211 e. The monoisotopic (exact) mass is 610 g/mol. The van der Waals surface area contributed by atoms with Crippen molar-refractivity contribution in [3.63, 3.8) is 0 Å². The number of aromatic nitrogens is 2. The highest BCUT2D eigenvalue weighted by Gasteiger charge is 2.19. The van der Waals surface area contributed by atoms with E-state index >= 15 is 0 Å². The summed E-state index contributed by atoms with van der Waals surface area (Å²) in [6.07, 6.45) is 0. The average Bonchev–Trinajstić information content (AvgIpc) is 3.68. The van der Waals surface area contributed by atoms with Crippen LogP contribution in [0.5, 0.6) is 0 Å². The normalized spacial score (nSPS) is 11.3. The SMILES string of the molecule is [C-]#[N+]c1ccc(-c2ccc(-c3ccc(-n4c5ccccc5c5ccccc54)cc3)cc2)c(-n2c3ccccc3c3cccc([N+]#[C-])c32)c1. The predicted octanol–water partition coefficient (Wildman–Crippen LogP) is 12.3.